The highest BCUT2D eigenvalue weighted by molar-refractivity contribution is 5.98. The van der Waals surface area contributed by atoms with E-state index in [2.05, 4.69) is 32.3 Å². The van der Waals surface area contributed by atoms with Gasteiger partial charge < -0.3 is 10.6 Å². The fourth-order valence-electron chi connectivity index (χ4n) is 4.73. The van der Waals surface area contributed by atoms with Crippen LogP contribution in [0.4, 0.5) is 11.4 Å². The molecule has 44 heavy (non-hydrogen) atoms. The first-order valence-electron chi connectivity index (χ1n) is 15.2. The summed E-state index contributed by atoms with van der Waals surface area (Å²) >= 11 is 0. The number of rotatable bonds is 12. The number of benzene rings is 2. The number of nitrogens with one attached hydrogen (secondary N) is 6. The number of amides is 6. The molecule has 6 N–H and O–H groups in total. The number of hydrazine groups is 2. The Morgan fingerprint density at radius 3 is 1.20 bits per heavy atom. The summed E-state index contributed by atoms with van der Waals surface area (Å²) in [5.41, 5.74) is 11.6. The fraction of sp³-hybridized carbons (Fsp3) is 0.438. The molecule has 0 spiro atoms. The molecule has 236 valence electrons. The van der Waals surface area contributed by atoms with Gasteiger partial charge >= 0.3 is 0 Å². The summed E-state index contributed by atoms with van der Waals surface area (Å²) in [5.74, 6) is -2.55. The summed E-state index contributed by atoms with van der Waals surface area (Å²) in [6, 6.07) is 12.7. The van der Waals surface area contributed by atoms with E-state index in [0.717, 1.165) is 25.7 Å². The van der Waals surface area contributed by atoms with Crippen LogP contribution in [-0.4, -0.2) is 35.4 Å². The van der Waals surface area contributed by atoms with Gasteiger partial charge in [-0.05, 0) is 87.1 Å². The van der Waals surface area contributed by atoms with Gasteiger partial charge in [-0.2, -0.15) is 0 Å². The Hall–Kier alpha value is -4.74. The third kappa shape index (κ3) is 10.8. The van der Waals surface area contributed by atoms with Crippen LogP contribution in [0.3, 0.4) is 0 Å². The normalized spacial score (nSPS) is 15.8. The maximum Gasteiger partial charge on any atom is 0.269 e. The van der Waals surface area contributed by atoms with Crippen molar-refractivity contribution in [1.82, 2.24) is 21.7 Å². The van der Waals surface area contributed by atoms with Gasteiger partial charge in [0.2, 0.25) is 23.6 Å². The summed E-state index contributed by atoms with van der Waals surface area (Å²) in [4.78, 5) is 73.9. The van der Waals surface area contributed by atoms with E-state index >= 15 is 0 Å². The zero-order valence-electron chi connectivity index (χ0n) is 25.3. The van der Waals surface area contributed by atoms with Gasteiger partial charge in [0.15, 0.2) is 0 Å². The molecule has 0 heterocycles. The van der Waals surface area contributed by atoms with Gasteiger partial charge in [-0.3, -0.25) is 50.5 Å². The first-order valence-corrected chi connectivity index (χ1v) is 15.2. The lowest BCUT2D eigenvalue weighted by atomic mass is 9.81. The maximum atomic E-state index is 12.6. The highest BCUT2D eigenvalue weighted by atomic mass is 16.2. The Balaban J connectivity index is 1.35. The van der Waals surface area contributed by atoms with Crippen LogP contribution in [0.15, 0.2) is 48.5 Å². The average Bonchev–Trinajstić information content (AvgIpc) is 3.04. The van der Waals surface area contributed by atoms with Crippen LogP contribution in [0.2, 0.25) is 0 Å². The second kappa shape index (κ2) is 17.4. The van der Waals surface area contributed by atoms with Crippen molar-refractivity contribution in [2.24, 2.45) is 11.8 Å². The maximum absolute atomic E-state index is 12.6. The van der Waals surface area contributed by atoms with Gasteiger partial charge in [0.1, 0.15) is 0 Å². The van der Waals surface area contributed by atoms with Crippen molar-refractivity contribution in [2.45, 2.75) is 78.1 Å². The van der Waals surface area contributed by atoms with Gasteiger partial charge in [-0.15, -0.1) is 0 Å². The van der Waals surface area contributed by atoms with Crippen LogP contribution in [0.1, 0.15) is 98.8 Å². The highest BCUT2D eigenvalue weighted by Crippen LogP contribution is 2.29. The monoisotopic (exact) mass is 606 g/mol. The number of unbranched alkanes of at least 4 members (excludes halogenated alkanes) is 2. The van der Waals surface area contributed by atoms with Crippen molar-refractivity contribution in [2.75, 3.05) is 10.6 Å². The zero-order valence-corrected chi connectivity index (χ0v) is 25.3. The van der Waals surface area contributed by atoms with Gasteiger partial charge in [0.25, 0.3) is 11.8 Å². The standard InChI is InChI=1S/C32H42N6O6/c1-3-5-7-27(39)33-25-17-13-23(14-18-25)31(43)37-35-29(41)21-9-11-22(12-10-21)30(42)36-38-32(44)24-15-19-26(20-16-24)34-28(40)8-6-4-2/h13-22H,3-12H2,1-2H3,(H,33,39)(H,34,40)(H,35,41)(H,36,42)(H,37,43)(H,38,44). The lowest BCUT2D eigenvalue weighted by Crippen LogP contribution is -2.47. The minimum atomic E-state index is -0.489. The van der Waals surface area contributed by atoms with Crippen molar-refractivity contribution in [3.63, 3.8) is 0 Å². The second-order valence-corrected chi connectivity index (χ2v) is 10.9. The number of carbonyl (C=O) groups is 6. The predicted octanol–water partition coefficient (Wildman–Crippen LogP) is 3.97. The van der Waals surface area contributed by atoms with E-state index in [9.17, 15) is 28.8 Å². The molecule has 0 radical (unpaired) electrons. The van der Waals surface area contributed by atoms with E-state index in [1.807, 2.05) is 13.8 Å². The van der Waals surface area contributed by atoms with Crippen LogP contribution in [-0.2, 0) is 19.2 Å². The Bertz CT molecular complexity index is 1200. The number of hydrogen-bond donors (Lipinski definition) is 6. The second-order valence-electron chi connectivity index (χ2n) is 10.9. The Morgan fingerprint density at radius 1 is 0.545 bits per heavy atom. The minimum absolute atomic E-state index is 0.0828. The summed E-state index contributed by atoms with van der Waals surface area (Å²) < 4.78 is 0. The minimum Gasteiger partial charge on any atom is -0.326 e. The molecular formula is C32H42N6O6. The van der Waals surface area contributed by atoms with E-state index in [1.165, 1.54) is 0 Å². The summed E-state index contributed by atoms with van der Waals surface area (Å²) in [7, 11) is 0. The first kappa shape index (κ1) is 33.8. The zero-order chi connectivity index (χ0) is 31.9. The van der Waals surface area contributed by atoms with E-state index in [-0.39, 0.29) is 35.5 Å². The van der Waals surface area contributed by atoms with E-state index in [1.54, 1.807) is 48.5 Å². The van der Waals surface area contributed by atoms with Crippen LogP contribution in [0, 0.1) is 11.8 Å². The van der Waals surface area contributed by atoms with E-state index < -0.39 is 11.8 Å². The molecule has 0 aliphatic heterocycles. The van der Waals surface area contributed by atoms with Crippen molar-refractivity contribution in [3.05, 3.63) is 59.7 Å². The van der Waals surface area contributed by atoms with Crippen LogP contribution >= 0.6 is 0 Å². The van der Waals surface area contributed by atoms with E-state index in [0.29, 0.717) is 61.0 Å². The molecular weight excluding hydrogens is 564 g/mol. The molecule has 1 saturated carbocycles. The predicted molar refractivity (Wildman–Crippen MR) is 166 cm³/mol. The van der Waals surface area contributed by atoms with Gasteiger partial charge in [-0.1, -0.05) is 26.7 Å². The topological polar surface area (TPSA) is 175 Å². The lowest BCUT2D eigenvalue weighted by molar-refractivity contribution is -0.131. The SMILES string of the molecule is CCCCC(=O)Nc1ccc(C(=O)NNC(=O)C2CCC(C(=O)NNC(=O)c3ccc(NC(=O)CCCC)cc3)CC2)cc1. The van der Waals surface area contributed by atoms with Gasteiger partial charge in [-0.25, -0.2) is 0 Å². The summed E-state index contributed by atoms with van der Waals surface area (Å²) in [6.07, 6.45) is 6.13. The van der Waals surface area contributed by atoms with Crippen molar-refractivity contribution < 1.29 is 28.8 Å². The molecule has 1 aliphatic carbocycles. The Morgan fingerprint density at radius 2 is 0.886 bits per heavy atom. The third-order valence-electron chi connectivity index (χ3n) is 7.44. The average molecular weight is 607 g/mol. The molecule has 12 nitrogen and oxygen atoms in total. The summed E-state index contributed by atoms with van der Waals surface area (Å²) in [6.45, 7) is 4.02. The van der Waals surface area contributed by atoms with Gasteiger partial charge in [0.05, 0.1) is 0 Å². The molecule has 0 atom stereocenters. The molecule has 6 amide bonds. The molecule has 0 saturated heterocycles. The smallest absolute Gasteiger partial charge is 0.269 e. The quantitative estimate of drug-likeness (QED) is 0.199. The number of carbonyl (C=O) groups excluding carboxylic acids is 6. The molecule has 1 fully saturated rings. The molecule has 1 aliphatic rings. The fourth-order valence-corrected chi connectivity index (χ4v) is 4.73. The first-order chi connectivity index (χ1) is 21.2. The molecule has 0 bridgehead atoms. The Kier molecular flexibility index (Phi) is 13.3. The van der Waals surface area contributed by atoms with Crippen molar-refractivity contribution in [3.8, 4) is 0 Å². The number of hydrogen-bond acceptors (Lipinski definition) is 6. The molecule has 2 aromatic rings. The highest BCUT2D eigenvalue weighted by Gasteiger charge is 2.30. The van der Waals surface area contributed by atoms with Crippen LogP contribution in [0.5, 0.6) is 0 Å². The van der Waals surface area contributed by atoms with Crippen LogP contribution < -0.4 is 32.3 Å². The number of anilines is 2. The van der Waals surface area contributed by atoms with Crippen LogP contribution in [0.25, 0.3) is 0 Å². The molecule has 0 aromatic heterocycles. The largest absolute Gasteiger partial charge is 0.326 e. The lowest BCUT2D eigenvalue weighted by Gasteiger charge is -2.27. The third-order valence-corrected chi connectivity index (χ3v) is 7.44. The molecule has 0 unspecified atom stereocenters. The Labute approximate surface area is 257 Å². The van der Waals surface area contributed by atoms with Crippen molar-refractivity contribution >= 4 is 46.8 Å². The van der Waals surface area contributed by atoms with E-state index in [4.69, 9.17) is 0 Å². The molecule has 2 aromatic carbocycles. The summed E-state index contributed by atoms with van der Waals surface area (Å²) in [5, 5.41) is 5.56. The van der Waals surface area contributed by atoms with Crippen molar-refractivity contribution in [1.29, 1.82) is 0 Å². The molecule has 3 rings (SSSR count). The molecule has 12 heteroatoms. The van der Waals surface area contributed by atoms with Gasteiger partial charge in [0, 0.05) is 47.2 Å².